The molecule has 1 aromatic carbocycles. The van der Waals surface area contributed by atoms with E-state index in [2.05, 4.69) is 33.0 Å². The summed E-state index contributed by atoms with van der Waals surface area (Å²) in [6.45, 7) is 2.31. The minimum Gasteiger partial charge on any atom is -0.496 e. The number of hydrogen-bond donors (Lipinski definition) is 0. The molecule has 1 aliphatic carbocycles. The minimum atomic E-state index is 0.832. The molecule has 1 fully saturated rings. The predicted molar refractivity (Wildman–Crippen MR) is 77.1 cm³/mol. The Kier molecular flexibility index (Phi) is 3.62. The van der Waals surface area contributed by atoms with Crippen LogP contribution in [0, 0.1) is 0 Å². The van der Waals surface area contributed by atoms with Crippen molar-refractivity contribution in [2.45, 2.75) is 44.7 Å². The van der Waals surface area contributed by atoms with Crippen molar-refractivity contribution in [3.63, 3.8) is 0 Å². The normalized spacial score (nSPS) is 21.0. The van der Waals surface area contributed by atoms with Gasteiger partial charge in [0.1, 0.15) is 5.75 Å². The molecule has 0 bridgehead atoms. The smallest absolute Gasteiger partial charge is 0.133 e. The molecule has 1 saturated carbocycles. The van der Waals surface area contributed by atoms with Crippen LogP contribution in [0.1, 0.15) is 36.8 Å². The lowest BCUT2D eigenvalue weighted by atomic mass is 9.98. The molecule has 0 atom stereocenters. The van der Waals surface area contributed by atoms with E-state index in [-0.39, 0.29) is 0 Å². The molecule has 0 saturated heterocycles. The number of halogens is 1. The Morgan fingerprint density at radius 2 is 2.06 bits per heavy atom. The van der Waals surface area contributed by atoms with Gasteiger partial charge in [-0.05, 0) is 52.4 Å². The van der Waals surface area contributed by atoms with Crippen LogP contribution in [0.2, 0.25) is 0 Å². The van der Waals surface area contributed by atoms with Gasteiger partial charge in [0, 0.05) is 19.1 Å². The molecule has 0 N–H and O–H groups in total. The number of benzene rings is 1. The third kappa shape index (κ3) is 2.19. The SMILES string of the molecule is COc1ccc2c(c1Br)CCN(C1CCCC1)C2. The maximum atomic E-state index is 5.38. The van der Waals surface area contributed by atoms with Crippen molar-refractivity contribution in [2.24, 2.45) is 0 Å². The van der Waals surface area contributed by atoms with Crippen LogP contribution < -0.4 is 4.74 Å². The summed E-state index contributed by atoms with van der Waals surface area (Å²) in [6, 6.07) is 5.15. The van der Waals surface area contributed by atoms with Crippen molar-refractivity contribution in [2.75, 3.05) is 13.7 Å². The Bertz CT molecular complexity index is 440. The summed E-state index contributed by atoms with van der Waals surface area (Å²) in [5.74, 6) is 0.961. The summed E-state index contributed by atoms with van der Waals surface area (Å²) in [7, 11) is 1.74. The molecule has 1 heterocycles. The Morgan fingerprint density at radius 1 is 1.28 bits per heavy atom. The molecular formula is C15H20BrNO. The Morgan fingerprint density at radius 3 is 2.78 bits per heavy atom. The highest BCUT2D eigenvalue weighted by molar-refractivity contribution is 9.10. The molecule has 0 unspecified atom stereocenters. The third-order valence-corrected chi connectivity index (χ3v) is 5.26. The highest BCUT2D eigenvalue weighted by Gasteiger charge is 2.27. The quantitative estimate of drug-likeness (QED) is 0.825. The number of ether oxygens (including phenoxy) is 1. The van der Waals surface area contributed by atoms with Crippen molar-refractivity contribution < 1.29 is 4.74 Å². The lowest BCUT2D eigenvalue weighted by molar-refractivity contribution is 0.180. The Balaban J connectivity index is 1.83. The fourth-order valence-electron chi connectivity index (χ4n) is 3.35. The fourth-order valence-corrected chi connectivity index (χ4v) is 4.10. The van der Waals surface area contributed by atoms with Gasteiger partial charge in [0.25, 0.3) is 0 Å². The number of hydrogen-bond acceptors (Lipinski definition) is 2. The summed E-state index contributed by atoms with van der Waals surface area (Å²) < 4.78 is 6.54. The van der Waals surface area contributed by atoms with Gasteiger partial charge >= 0.3 is 0 Å². The molecule has 3 rings (SSSR count). The van der Waals surface area contributed by atoms with Crippen LogP contribution >= 0.6 is 15.9 Å². The first kappa shape index (κ1) is 12.5. The second-order valence-corrected chi connectivity index (χ2v) is 6.17. The summed E-state index contributed by atoms with van der Waals surface area (Å²) >= 11 is 3.69. The first-order chi connectivity index (χ1) is 8.79. The monoisotopic (exact) mass is 309 g/mol. The van der Waals surface area contributed by atoms with E-state index in [0.29, 0.717) is 0 Å². The second kappa shape index (κ2) is 5.22. The summed E-state index contributed by atoms with van der Waals surface area (Å²) in [4.78, 5) is 2.67. The van der Waals surface area contributed by atoms with Gasteiger partial charge < -0.3 is 4.74 Å². The zero-order chi connectivity index (χ0) is 12.5. The molecule has 2 nitrogen and oxygen atoms in total. The molecule has 98 valence electrons. The van der Waals surface area contributed by atoms with E-state index in [1.54, 1.807) is 7.11 Å². The van der Waals surface area contributed by atoms with E-state index in [1.165, 1.54) is 43.4 Å². The summed E-state index contributed by atoms with van der Waals surface area (Å²) in [5, 5.41) is 0. The number of rotatable bonds is 2. The number of fused-ring (bicyclic) bond motifs is 1. The average molecular weight is 310 g/mol. The maximum absolute atomic E-state index is 5.38. The van der Waals surface area contributed by atoms with Crippen LogP contribution in [0.4, 0.5) is 0 Å². The van der Waals surface area contributed by atoms with Crippen molar-refractivity contribution in [1.29, 1.82) is 0 Å². The highest BCUT2D eigenvalue weighted by Crippen LogP contribution is 2.36. The van der Waals surface area contributed by atoms with Gasteiger partial charge in [-0.3, -0.25) is 4.90 Å². The van der Waals surface area contributed by atoms with Gasteiger partial charge in [-0.25, -0.2) is 0 Å². The van der Waals surface area contributed by atoms with Crippen LogP contribution in [-0.4, -0.2) is 24.6 Å². The van der Waals surface area contributed by atoms with Crippen LogP contribution in [0.15, 0.2) is 16.6 Å². The molecule has 0 aromatic heterocycles. The zero-order valence-electron chi connectivity index (χ0n) is 10.9. The summed E-state index contributed by atoms with van der Waals surface area (Å²) in [5.41, 5.74) is 2.92. The topological polar surface area (TPSA) is 12.5 Å². The van der Waals surface area contributed by atoms with E-state index in [9.17, 15) is 0 Å². The van der Waals surface area contributed by atoms with Gasteiger partial charge in [-0.15, -0.1) is 0 Å². The van der Waals surface area contributed by atoms with Crippen molar-refractivity contribution >= 4 is 15.9 Å². The van der Waals surface area contributed by atoms with Gasteiger partial charge in [0.15, 0.2) is 0 Å². The van der Waals surface area contributed by atoms with Crippen molar-refractivity contribution in [3.05, 3.63) is 27.7 Å². The van der Waals surface area contributed by atoms with Gasteiger partial charge in [-0.2, -0.15) is 0 Å². The van der Waals surface area contributed by atoms with Gasteiger partial charge in [0.2, 0.25) is 0 Å². The minimum absolute atomic E-state index is 0.832. The molecule has 2 aliphatic rings. The Labute approximate surface area is 117 Å². The lowest BCUT2D eigenvalue weighted by Crippen LogP contribution is -2.37. The molecule has 0 radical (unpaired) electrons. The average Bonchev–Trinajstić information content (AvgIpc) is 2.93. The molecule has 1 aromatic rings. The molecule has 0 amide bonds. The van der Waals surface area contributed by atoms with Crippen molar-refractivity contribution in [1.82, 2.24) is 4.90 Å². The zero-order valence-corrected chi connectivity index (χ0v) is 12.5. The van der Waals surface area contributed by atoms with E-state index in [0.717, 1.165) is 29.2 Å². The standard InChI is InChI=1S/C15H20BrNO/c1-18-14-7-6-11-10-17(12-4-2-3-5-12)9-8-13(11)15(14)16/h6-7,12H,2-5,8-10H2,1H3. The van der Waals surface area contributed by atoms with Crippen LogP contribution in [0.25, 0.3) is 0 Å². The van der Waals surface area contributed by atoms with Gasteiger partial charge in [0.05, 0.1) is 11.6 Å². The van der Waals surface area contributed by atoms with Crippen LogP contribution in [-0.2, 0) is 13.0 Å². The van der Waals surface area contributed by atoms with Gasteiger partial charge in [-0.1, -0.05) is 18.9 Å². The van der Waals surface area contributed by atoms with E-state index >= 15 is 0 Å². The first-order valence-electron chi connectivity index (χ1n) is 6.88. The molecule has 0 spiro atoms. The lowest BCUT2D eigenvalue weighted by Gasteiger charge is -2.34. The second-order valence-electron chi connectivity index (χ2n) is 5.38. The summed E-state index contributed by atoms with van der Waals surface area (Å²) in [6.07, 6.45) is 6.77. The predicted octanol–water partition coefficient (Wildman–Crippen LogP) is 3.76. The first-order valence-corrected chi connectivity index (χ1v) is 7.67. The largest absolute Gasteiger partial charge is 0.496 e. The van der Waals surface area contributed by atoms with E-state index in [1.807, 2.05) is 0 Å². The Hall–Kier alpha value is -0.540. The maximum Gasteiger partial charge on any atom is 0.133 e. The van der Waals surface area contributed by atoms with Crippen LogP contribution in [0.3, 0.4) is 0 Å². The van der Waals surface area contributed by atoms with Crippen molar-refractivity contribution in [3.8, 4) is 5.75 Å². The number of nitrogens with zero attached hydrogens (tertiary/aromatic N) is 1. The van der Waals surface area contributed by atoms with E-state index < -0.39 is 0 Å². The van der Waals surface area contributed by atoms with Crippen LogP contribution in [0.5, 0.6) is 5.75 Å². The highest BCUT2D eigenvalue weighted by atomic mass is 79.9. The molecule has 3 heteroatoms. The number of methoxy groups -OCH3 is 1. The molecular weight excluding hydrogens is 290 g/mol. The molecule has 18 heavy (non-hydrogen) atoms. The molecule has 1 aliphatic heterocycles. The van der Waals surface area contributed by atoms with E-state index in [4.69, 9.17) is 4.74 Å². The third-order valence-electron chi connectivity index (χ3n) is 4.39. The fraction of sp³-hybridized carbons (Fsp3) is 0.600.